The number of non-ortho nitro benzene ring substituents is 1. The van der Waals surface area contributed by atoms with Gasteiger partial charge in [0.15, 0.2) is 0 Å². The van der Waals surface area contributed by atoms with Crippen LogP contribution in [0.2, 0.25) is 0 Å². The van der Waals surface area contributed by atoms with Crippen LogP contribution in [0.1, 0.15) is 24.8 Å². The SMILES string of the molecule is COC1(c2ccc([N+](=O)[O-])cc2)CCC1. The number of nitro benzene ring substituents is 1. The molecule has 1 aromatic rings. The molecule has 0 aliphatic heterocycles. The lowest BCUT2D eigenvalue weighted by Crippen LogP contribution is -2.35. The minimum atomic E-state index is -0.385. The highest BCUT2D eigenvalue weighted by atomic mass is 16.6. The summed E-state index contributed by atoms with van der Waals surface area (Å²) in [5.74, 6) is 0. The van der Waals surface area contributed by atoms with Crippen molar-refractivity contribution in [3.63, 3.8) is 0 Å². The third kappa shape index (κ3) is 1.61. The third-order valence-electron chi connectivity index (χ3n) is 3.16. The number of nitro groups is 1. The topological polar surface area (TPSA) is 52.4 Å². The molecule has 15 heavy (non-hydrogen) atoms. The normalized spacial score (nSPS) is 18.2. The second-order valence-corrected chi connectivity index (χ2v) is 3.86. The summed E-state index contributed by atoms with van der Waals surface area (Å²) in [5.41, 5.74) is 0.987. The summed E-state index contributed by atoms with van der Waals surface area (Å²) in [4.78, 5) is 10.1. The molecule has 1 aromatic carbocycles. The molecule has 4 heteroatoms. The molecule has 0 aromatic heterocycles. The van der Waals surface area contributed by atoms with Crippen LogP contribution in [-0.2, 0) is 10.3 Å². The zero-order chi connectivity index (χ0) is 10.9. The summed E-state index contributed by atoms with van der Waals surface area (Å²) in [7, 11) is 1.70. The number of hydrogen-bond acceptors (Lipinski definition) is 3. The Labute approximate surface area is 88.0 Å². The van der Waals surface area contributed by atoms with Crippen molar-refractivity contribution in [2.75, 3.05) is 7.11 Å². The number of nitrogens with zero attached hydrogens (tertiary/aromatic N) is 1. The van der Waals surface area contributed by atoms with Gasteiger partial charge in [-0.15, -0.1) is 0 Å². The van der Waals surface area contributed by atoms with Crippen LogP contribution < -0.4 is 0 Å². The van der Waals surface area contributed by atoms with Crippen molar-refractivity contribution in [1.82, 2.24) is 0 Å². The highest BCUT2D eigenvalue weighted by Gasteiger charge is 2.38. The Morgan fingerprint density at radius 1 is 1.33 bits per heavy atom. The van der Waals surface area contributed by atoms with Crippen LogP contribution in [0.5, 0.6) is 0 Å². The maximum atomic E-state index is 10.5. The molecular weight excluding hydrogens is 194 g/mol. The number of hydrogen-bond donors (Lipinski definition) is 0. The first-order valence-corrected chi connectivity index (χ1v) is 4.98. The molecule has 4 nitrogen and oxygen atoms in total. The van der Waals surface area contributed by atoms with Crippen molar-refractivity contribution in [3.8, 4) is 0 Å². The van der Waals surface area contributed by atoms with Gasteiger partial charge in [0, 0.05) is 19.2 Å². The zero-order valence-corrected chi connectivity index (χ0v) is 8.60. The molecule has 1 fully saturated rings. The minimum absolute atomic E-state index is 0.129. The van der Waals surface area contributed by atoms with Gasteiger partial charge in [0.05, 0.1) is 10.5 Å². The van der Waals surface area contributed by atoms with Gasteiger partial charge in [-0.1, -0.05) is 0 Å². The largest absolute Gasteiger partial charge is 0.374 e. The van der Waals surface area contributed by atoms with Gasteiger partial charge in [0.1, 0.15) is 0 Å². The van der Waals surface area contributed by atoms with E-state index in [1.54, 1.807) is 19.2 Å². The maximum Gasteiger partial charge on any atom is 0.269 e. The number of benzene rings is 1. The van der Waals surface area contributed by atoms with Crippen LogP contribution in [0.4, 0.5) is 5.69 Å². The highest BCUT2D eigenvalue weighted by molar-refractivity contribution is 5.36. The molecule has 1 aliphatic carbocycles. The Bertz CT molecular complexity index is 362. The van der Waals surface area contributed by atoms with E-state index in [1.807, 2.05) is 0 Å². The van der Waals surface area contributed by atoms with Gasteiger partial charge >= 0.3 is 0 Å². The first-order valence-electron chi connectivity index (χ1n) is 4.98. The van der Waals surface area contributed by atoms with Gasteiger partial charge in [-0.3, -0.25) is 10.1 Å². The summed E-state index contributed by atoms with van der Waals surface area (Å²) in [6.45, 7) is 0. The smallest absolute Gasteiger partial charge is 0.269 e. The average Bonchev–Trinajstić information content (AvgIpc) is 2.18. The van der Waals surface area contributed by atoms with E-state index in [1.165, 1.54) is 12.1 Å². The molecule has 0 N–H and O–H groups in total. The maximum absolute atomic E-state index is 10.5. The van der Waals surface area contributed by atoms with Gasteiger partial charge in [0.2, 0.25) is 0 Å². The molecule has 0 unspecified atom stereocenters. The summed E-state index contributed by atoms with van der Waals surface area (Å²) in [6.07, 6.45) is 3.16. The van der Waals surface area contributed by atoms with Crippen LogP contribution in [0.25, 0.3) is 0 Å². The molecule has 0 saturated heterocycles. The quantitative estimate of drug-likeness (QED) is 0.565. The molecule has 0 amide bonds. The Balaban J connectivity index is 2.26. The zero-order valence-electron chi connectivity index (χ0n) is 8.60. The van der Waals surface area contributed by atoms with Crippen LogP contribution in [0, 0.1) is 10.1 Å². The monoisotopic (exact) mass is 207 g/mol. The number of methoxy groups -OCH3 is 1. The Hall–Kier alpha value is -1.42. The van der Waals surface area contributed by atoms with Crippen molar-refractivity contribution in [2.45, 2.75) is 24.9 Å². The predicted molar refractivity (Wildman–Crippen MR) is 55.6 cm³/mol. The Morgan fingerprint density at radius 3 is 2.27 bits per heavy atom. The van der Waals surface area contributed by atoms with Gasteiger partial charge in [0.25, 0.3) is 5.69 Å². The third-order valence-corrected chi connectivity index (χ3v) is 3.16. The first kappa shape index (κ1) is 10.1. The van der Waals surface area contributed by atoms with Crippen LogP contribution in [0.3, 0.4) is 0 Å². The van der Waals surface area contributed by atoms with E-state index in [2.05, 4.69) is 0 Å². The highest BCUT2D eigenvalue weighted by Crippen LogP contribution is 2.44. The fourth-order valence-corrected chi connectivity index (χ4v) is 2.00. The Morgan fingerprint density at radius 2 is 1.93 bits per heavy atom. The predicted octanol–water partition coefficient (Wildman–Crippen LogP) is 2.62. The summed E-state index contributed by atoms with van der Waals surface area (Å²) >= 11 is 0. The molecule has 2 rings (SSSR count). The van der Waals surface area contributed by atoms with E-state index in [4.69, 9.17) is 4.74 Å². The second-order valence-electron chi connectivity index (χ2n) is 3.86. The van der Waals surface area contributed by atoms with Gasteiger partial charge in [-0.2, -0.15) is 0 Å². The van der Waals surface area contributed by atoms with E-state index in [0.717, 1.165) is 24.8 Å². The van der Waals surface area contributed by atoms with E-state index in [0.29, 0.717) is 0 Å². The van der Waals surface area contributed by atoms with Crippen molar-refractivity contribution >= 4 is 5.69 Å². The second kappa shape index (κ2) is 3.62. The van der Waals surface area contributed by atoms with Crippen LogP contribution >= 0.6 is 0 Å². The summed E-state index contributed by atoms with van der Waals surface area (Å²) in [5, 5.41) is 10.5. The fourth-order valence-electron chi connectivity index (χ4n) is 2.00. The van der Waals surface area contributed by atoms with Crippen molar-refractivity contribution in [2.24, 2.45) is 0 Å². The lowest BCUT2D eigenvalue weighted by Gasteiger charge is -2.40. The molecule has 1 saturated carbocycles. The Kier molecular flexibility index (Phi) is 2.44. The molecule has 0 atom stereocenters. The molecule has 1 aliphatic rings. The average molecular weight is 207 g/mol. The summed E-state index contributed by atoms with van der Waals surface area (Å²) in [6, 6.07) is 6.66. The van der Waals surface area contributed by atoms with Crippen LogP contribution in [0.15, 0.2) is 24.3 Å². The van der Waals surface area contributed by atoms with E-state index in [-0.39, 0.29) is 16.2 Å². The standard InChI is InChI=1S/C11H13NO3/c1-15-11(7-2-8-11)9-3-5-10(6-4-9)12(13)14/h3-6H,2,7-8H2,1H3. The number of rotatable bonds is 3. The molecule has 0 radical (unpaired) electrons. The minimum Gasteiger partial charge on any atom is -0.374 e. The number of ether oxygens (including phenoxy) is 1. The van der Waals surface area contributed by atoms with Crippen LogP contribution in [-0.4, -0.2) is 12.0 Å². The lowest BCUT2D eigenvalue weighted by atomic mass is 9.75. The van der Waals surface area contributed by atoms with Gasteiger partial charge in [-0.05, 0) is 37.0 Å². The van der Waals surface area contributed by atoms with E-state index >= 15 is 0 Å². The van der Waals surface area contributed by atoms with E-state index in [9.17, 15) is 10.1 Å². The van der Waals surface area contributed by atoms with Gasteiger partial charge in [-0.25, -0.2) is 0 Å². The first-order chi connectivity index (χ1) is 7.18. The van der Waals surface area contributed by atoms with Crippen molar-refractivity contribution in [1.29, 1.82) is 0 Å². The molecular formula is C11H13NO3. The fraction of sp³-hybridized carbons (Fsp3) is 0.455. The summed E-state index contributed by atoms with van der Waals surface area (Å²) < 4.78 is 5.49. The lowest BCUT2D eigenvalue weighted by molar-refractivity contribution is -0.384. The van der Waals surface area contributed by atoms with E-state index < -0.39 is 0 Å². The van der Waals surface area contributed by atoms with Crippen molar-refractivity contribution in [3.05, 3.63) is 39.9 Å². The molecule has 0 bridgehead atoms. The molecule has 80 valence electrons. The molecule has 0 heterocycles. The molecule has 0 spiro atoms. The van der Waals surface area contributed by atoms with Gasteiger partial charge < -0.3 is 4.74 Å². The van der Waals surface area contributed by atoms with Crippen molar-refractivity contribution < 1.29 is 9.66 Å².